The number of carbonyl (C=O) groups excluding carboxylic acids is 1. The van der Waals surface area contributed by atoms with Gasteiger partial charge < -0.3 is 15.1 Å². The summed E-state index contributed by atoms with van der Waals surface area (Å²) in [5, 5.41) is 28.5. The summed E-state index contributed by atoms with van der Waals surface area (Å²) in [6, 6.07) is 6.75. The van der Waals surface area contributed by atoms with Crippen molar-refractivity contribution in [2.75, 3.05) is 13.1 Å². The first kappa shape index (κ1) is 20.0. The molecule has 0 atom stereocenters. The highest BCUT2D eigenvalue weighted by Gasteiger charge is 2.23. The maximum Gasteiger partial charge on any atom is 0.219 e. The van der Waals surface area contributed by atoms with Gasteiger partial charge in [-0.25, -0.2) is 9.67 Å². The van der Waals surface area contributed by atoms with Gasteiger partial charge in [-0.05, 0) is 37.1 Å². The Bertz CT molecular complexity index is 871. The minimum absolute atomic E-state index is 0.0167. The number of thiazole rings is 1. The Morgan fingerprint density at radius 1 is 1.25 bits per heavy atom. The molecule has 1 aromatic carbocycles. The molecule has 0 aliphatic carbocycles. The number of aromatic nitrogens is 4. The fourth-order valence-corrected chi connectivity index (χ4v) is 3.96. The van der Waals surface area contributed by atoms with E-state index in [0.717, 1.165) is 42.3 Å². The highest BCUT2D eigenvalue weighted by Crippen LogP contribution is 2.30. The van der Waals surface area contributed by atoms with Crippen LogP contribution >= 0.6 is 11.3 Å². The van der Waals surface area contributed by atoms with Crippen molar-refractivity contribution in [1.82, 2.24) is 24.9 Å². The Labute approximate surface area is 167 Å². The monoisotopic (exact) mass is 401 g/mol. The van der Waals surface area contributed by atoms with Gasteiger partial charge in [0.2, 0.25) is 5.91 Å². The number of hydrogen-bond acceptors (Lipinski definition) is 7. The molecule has 148 valence electrons. The van der Waals surface area contributed by atoms with E-state index in [9.17, 15) is 4.79 Å². The fourth-order valence-electron chi connectivity index (χ4n) is 2.98. The standard InChI is InChI=1S/C11H16N2O2S.C8H7N3O/c1-8(15)13-4-2-9(3-5-13)11-12-10(6-14)7-16-11;12-8-3-1-7(2-4-8)11-6-5-9-10-11/h7,9,14H,2-6H2,1H3;1-6,12H. The van der Waals surface area contributed by atoms with Crippen LogP contribution in [0.5, 0.6) is 5.75 Å². The Kier molecular flexibility index (Phi) is 6.72. The third-order valence-corrected chi connectivity index (χ3v) is 5.61. The van der Waals surface area contributed by atoms with Crippen LogP contribution < -0.4 is 0 Å². The zero-order valence-corrected chi connectivity index (χ0v) is 16.4. The van der Waals surface area contributed by atoms with E-state index in [0.29, 0.717) is 5.92 Å². The topological polar surface area (TPSA) is 104 Å². The Balaban J connectivity index is 0.000000167. The van der Waals surface area contributed by atoms with Gasteiger partial charge in [0, 0.05) is 31.3 Å². The van der Waals surface area contributed by atoms with Gasteiger partial charge in [0.05, 0.1) is 35.4 Å². The molecule has 0 bridgehead atoms. The molecular weight excluding hydrogens is 378 g/mol. The predicted molar refractivity (Wildman–Crippen MR) is 105 cm³/mol. The van der Waals surface area contributed by atoms with E-state index >= 15 is 0 Å². The lowest BCUT2D eigenvalue weighted by Gasteiger charge is -2.30. The first-order valence-corrected chi connectivity index (χ1v) is 9.91. The van der Waals surface area contributed by atoms with Gasteiger partial charge in [-0.2, -0.15) is 0 Å². The molecule has 3 aromatic rings. The lowest BCUT2D eigenvalue weighted by Crippen LogP contribution is -2.36. The summed E-state index contributed by atoms with van der Waals surface area (Å²) in [6.07, 6.45) is 5.31. The van der Waals surface area contributed by atoms with E-state index in [1.165, 1.54) is 0 Å². The van der Waals surface area contributed by atoms with Gasteiger partial charge in [-0.1, -0.05) is 5.21 Å². The lowest BCUT2D eigenvalue weighted by molar-refractivity contribution is -0.129. The highest BCUT2D eigenvalue weighted by molar-refractivity contribution is 7.09. The zero-order chi connectivity index (χ0) is 19.9. The molecule has 1 aliphatic rings. The molecule has 1 aliphatic heterocycles. The summed E-state index contributed by atoms with van der Waals surface area (Å²) in [6.45, 7) is 3.29. The van der Waals surface area contributed by atoms with Gasteiger partial charge in [0.1, 0.15) is 5.75 Å². The molecule has 4 rings (SSSR count). The normalized spacial score (nSPS) is 14.4. The average molecular weight is 401 g/mol. The SMILES string of the molecule is CC(=O)N1CCC(c2nc(CO)cs2)CC1.Oc1ccc(-n2ccnn2)cc1. The Hall–Kier alpha value is -2.78. The summed E-state index contributed by atoms with van der Waals surface area (Å²) in [7, 11) is 0. The fraction of sp³-hybridized carbons (Fsp3) is 0.368. The molecule has 1 amide bonds. The van der Waals surface area contributed by atoms with Crippen LogP contribution in [0.15, 0.2) is 42.0 Å². The zero-order valence-electron chi connectivity index (χ0n) is 15.6. The second-order valence-corrected chi connectivity index (χ2v) is 7.37. The highest BCUT2D eigenvalue weighted by atomic mass is 32.1. The quantitative estimate of drug-likeness (QED) is 0.698. The maximum absolute atomic E-state index is 11.2. The maximum atomic E-state index is 11.2. The Morgan fingerprint density at radius 3 is 2.50 bits per heavy atom. The molecule has 3 heterocycles. The lowest BCUT2D eigenvalue weighted by atomic mass is 9.97. The van der Waals surface area contributed by atoms with Gasteiger partial charge in [-0.15, -0.1) is 16.4 Å². The molecule has 1 fully saturated rings. The van der Waals surface area contributed by atoms with Gasteiger partial charge in [0.25, 0.3) is 0 Å². The van der Waals surface area contributed by atoms with Crippen LogP contribution in [0.4, 0.5) is 0 Å². The van der Waals surface area contributed by atoms with E-state index in [1.54, 1.807) is 59.6 Å². The van der Waals surface area contributed by atoms with Crippen LogP contribution in [0.1, 0.15) is 36.4 Å². The number of piperidine rings is 1. The van der Waals surface area contributed by atoms with E-state index in [2.05, 4.69) is 15.3 Å². The number of hydrogen-bond donors (Lipinski definition) is 2. The molecule has 2 N–H and O–H groups in total. The third kappa shape index (κ3) is 5.14. The second-order valence-electron chi connectivity index (χ2n) is 6.48. The molecule has 1 saturated heterocycles. The second kappa shape index (κ2) is 9.43. The molecular formula is C19H23N5O3S. The van der Waals surface area contributed by atoms with Crippen molar-refractivity contribution in [2.24, 2.45) is 0 Å². The van der Waals surface area contributed by atoms with Crippen LogP contribution in [0.25, 0.3) is 5.69 Å². The third-order valence-electron chi connectivity index (χ3n) is 4.56. The van der Waals surface area contributed by atoms with Crippen LogP contribution in [0.2, 0.25) is 0 Å². The summed E-state index contributed by atoms with van der Waals surface area (Å²) in [5.41, 5.74) is 1.64. The summed E-state index contributed by atoms with van der Waals surface area (Å²) in [5.74, 6) is 0.869. The minimum Gasteiger partial charge on any atom is -0.508 e. The molecule has 0 radical (unpaired) electrons. The van der Waals surface area contributed by atoms with Crippen molar-refractivity contribution in [3.05, 3.63) is 52.7 Å². The number of carbonyl (C=O) groups is 1. The molecule has 2 aromatic heterocycles. The van der Waals surface area contributed by atoms with E-state index in [4.69, 9.17) is 10.2 Å². The van der Waals surface area contributed by atoms with E-state index < -0.39 is 0 Å². The van der Waals surface area contributed by atoms with Crippen LogP contribution in [-0.2, 0) is 11.4 Å². The van der Waals surface area contributed by atoms with Crippen LogP contribution in [0.3, 0.4) is 0 Å². The predicted octanol–water partition coefficient (Wildman–Crippen LogP) is 2.33. The van der Waals surface area contributed by atoms with Crippen molar-refractivity contribution >= 4 is 17.2 Å². The van der Waals surface area contributed by atoms with Gasteiger partial charge in [-0.3, -0.25) is 4.79 Å². The molecule has 9 heteroatoms. The number of rotatable bonds is 3. The van der Waals surface area contributed by atoms with Crippen LogP contribution in [0, 0.1) is 0 Å². The van der Waals surface area contributed by atoms with Crippen molar-refractivity contribution in [1.29, 1.82) is 0 Å². The molecule has 8 nitrogen and oxygen atoms in total. The molecule has 0 unspecified atom stereocenters. The number of phenolic OH excluding ortho intramolecular Hbond substituents is 1. The van der Waals surface area contributed by atoms with Gasteiger partial charge >= 0.3 is 0 Å². The summed E-state index contributed by atoms with van der Waals surface area (Å²) >= 11 is 1.62. The number of likely N-dealkylation sites (tertiary alicyclic amines) is 1. The number of benzene rings is 1. The average Bonchev–Trinajstić information content (AvgIpc) is 3.41. The number of phenols is 1. The number of aromatic hydroxyl groups is 1. The molecule has 0 spiro atoms. The number of aliphatic hydroxyl groups excluding tert-OH is 1. The van der Waals surface area contributed by atoms with E-state index in [-0.39, 0.29) is 18.3 Å². The number of amides is 1. The minimum atomic E-state index is 0.0167. The first-order chi connectivity index (χ1) is 13.6. The summed E-state index contributed by atoms with van der Waals surface area (Å²) < 4.78 is 1.62. The molecule has 0 saturated carbocycles. The Morgan fingerprint density at radius 2 is 1.96 bits per heavy atom. The molecule has 28 heavy (non-hydrogen) atoms. The smallest absolute Gasteiger partial charge is 0.219 e. The first-order valence-electron chi connectivity index (χ1n) is 9.03. The largest absolute Gasteiger partial charge is 0.508 e. The number of nitrogens with zero attached hydrogens (tertiary/aromatic N) is 5. The number of aliphatic hydroxyl groups is 1. The van der Waals surface area contributed by atoms with Crippen molar-refractivity contribution < 1.29 is 15.0 Å². The van der Waals surface area contributed by atoms with Crippen LogP contribution in [-0.4, -0.2) is 54.1 Å². The summed E-state index contributed by atoms with van der Waals surface area (Å²) in [4.78, 5) is 17.4. The van der Waals surface area contributed by atoms with Crippen molar-refractivity contribution in [2.45, 2.75) is 32.3 Å². The van der Waals surface area contributed by atoms with Gasteiger partial charge in [0.15, 0.2) is 0 Å². The van der Waals surface area contributed by atoms with Crippen molar-refractivity contribution in [3.63, 3.8) is 0 Å². The van der Waals surface area contributed by atoms with Crippen molar-refractivity contribution in [3.8, 4) is 11.4 Å². The van der Waals surface area contributed by atoms with E-state index in [1.807, 2.05) is 10.3 Å².